The predicted octanol–water partition coefficient (Wildman–Crippen LogP) is 4.27. The van der Waals surface area contributed by atoms with Gasteiger partial charge in [0.25, 0.3) is 20.2 Å². The third kappa shape index (κ3) is 6.50. The predicted molar refractivity (Wildman–Crippen MR) is 159 cm³/mol. The molecule has 222 valence electrons. The Morgan fingerprint density at radius 1 is 0.829 bits per heavy atom. The van der Waals surface area contributed by atoms with Crippen molar-refractivity contribution in [3.8, 4) is 11.5 Å². The van der Waals surface area contributed by atoms with Gasteiger partial charge in [-0.2, -0.15) is 21.4 Å². The van der Waals surface area contributed by atoms with Crippen molar-refractivity contribution in [2.45, 2.75) is 51.4 Å². The van der Waals surface area contributed by atoms with E-state index in [1.54, 1.807) is 36.4 Å². The van der Waals surface area contributed by atoms with Gasteiger partial charge in [-0.15, -0.1) is 0 Å². The zero-order valence-electron chi connectivity index (χ0n) is 23.6. The second-order valence-corrected chi connectivity index (χ2v) is 14.7. The number of hydrogen-bond acceptors (Lipinski definition) is 7. The van der Waals surface area contributed by atoms with Crippen molar-refractivity contribution >= 4 is 37.3 Å². The zero-order chi connectivity index (χ0) is 30.4. The number of nitrogens with zero attached hydrogens (tertiary/aromatic N) is 2. The van der Waals surface area contributed by atoms with Crippen molar-refractivity contribution in [1.82, 2.24) is 0 Å². The number of benzene rings is 2. The van der Waals surface area contributed by atoms with E-state index in [2.05, 4.69) is 0 Å². The molecule has 0 radical (unpaired) electrons. The molecule has 0 bridgehead atoms. The molecule has 4 rings (SSSR count). The molecule has 2 heterocycles. The topological polar surface area (TPSA) is 155 Å². The number of rotatable bonds is 10. The van der Waals surface area contributed by atoms with E-state index < -0.39 is 31.1 Å². The van der Waals surface area contributed by atoms with E-state index >= 15 is 0 Å². The van der Waals surface area contributed by atoms with Crippen molar-refractivity contribution in [3.63, 3.8) is 0 Å². The lowest BCUT2D eigenvalue weighted by Crippen LogP contribution is -2.29. The third-order valence-corrected chi connectivity index (χ3v) is 9.44. The highest BCUT2D eigenvalue weighted by Gasteiger charge is 2.45. The first-order valence-electron chi connectivity index (χ1n) is 13.3. The fourth-order valence-corrected chi connectivity index (χ4v) is 6.84. The van der Waals surface area contributed by atoms with Gasteiger partial charge < -0.3 is 15.1 Å². The molecule has 0 fully saturated rings. The van der Waals surface area contributed by atoms with Gasteiger partial charge in [0.2, 0.25) is 5.69 Å². The number of phenolic OH excluding ortho intramolecular Hbond substituents is 2. The van der Waals surface area contributed by atoms with Crippen LogP contribution in [0.3, 0.4) is 0 Å². The maximum absolute atomic E-state index is 11.4. The second-order valence-electron chi connectivity index (χ2n) is 11.5. The first kappa shape index (κ1) is 30.8. The van der Waals surface area contributed by atoms with Crippen LogP contribution in [0.2, 0.25) is 0 Å². The van der Waals surface area contributed by atoms with Crippen LogP contribution in [0, 0.1) is 0 Å². The van der Waals surface area contributed by atoms with Crippen molar-refractivity contribution in [2.24, 2.45) is 0 Å². The van der Waals surface area contributed by atoms with E-state index in [4.69, 9.17) is 0 Å². The molecule has 0 aliphatic carbocycles. The Morgan fingerprint density at radius 2 is 1.41 bits per heavy atom. The van der Waals surface area contributed by atoms with Crippen LogP contribution in [-0.2, 0) is 31.1 Å². The van der Waals surface area contributed by atoms with Crippen molar-refractivity contribution in [1.29, 1.82) is 0 Å². The molecule has 12 heteroatoms. The Hall–Kier alpha value is -3.19. The number of allylic oxidation sites excluding steroid dienone is 4. The molecule has 0 atom stereocenters. The van der Waals surface area contributed by atoms with Crippen LogP contribution in [0.4, 0.5) is 11.4 Å². The highest BCUT2D eigenvalue weighted by Crippen LogP contribution is 2.49. The van der Waals surface area contributed by atoms with E-state index in [1.807, 2.05) is 55.4 Å². The number of fused-ring (bicyclic) bond motifs is 2. The van der Waals surface area contributed by atoms with Crippen LogP contribution in [0.25, 0.3) is 0 Å². The van der Waals surface area contributed by atoms with Gasteiger partial charge >= 0.3 is 0 Å². The number of phenols is 2. The quantitative estimate of drug-likeness (QED) is 0.230. The molecular weight excluding hydrogens is 568 g/mol. The molecule has 10 nitrogen and oxygen atoms in total. The average molecular weight is 606 g/mol. The Kier molecular flexibility index (Phi) is 8.18. The average Bonchev–Trinajstić information content (AvgIpc) is 3.16. The monoisotopic (exact) mass is 605 g/mol. The van der Waals surface area contributed by atoms with Crippen LogP contribution < -0.4 is 4.90 Å². The van der Waals surface area contributed by atoms with Gasteiger partial charge in [-0.3, -0.25) is 9.11 Å². The van der Waals surface area contributed by atoms with E-state index in [-0.39, 0.29) is 35.8 Å². The van der Waals surface area contributed by atoms with Crippen LogP contribution in [0.1, 0.15) is 51.7 Å². The summed E-state index contributed by atoms with van der Waals surface area (Å²) in [4.78, 5) is 1.99. The fraction of sp³-hybridized carbons (Fsp3) is 0.414. The van der Waals surface area contributed by atoms with Crippen LogP contribution in [-0.4, -0.2) is 71.0 Å². The number of aromatic hydroxyl groups is 2. The molecule has 0 spiro atoms. The molecule has 4 N–H and O–H groups in total. The molecule has 2 aromatic carbocycles. The van der Waals surface area contributed by atoms with E-state index in [0.717, 1.165) is 33.9 Å². The summed E-state index contributed by atoms with van der Waals surface area (Å²) < 4.78 is 66.0. The molecular formula is C29H37N2O8S2+. The summed E-state index contributed by atoms with van der Waals surface area (Å²) in [6, 6.07) is 10.1. The van der Waals surface area contributed by atoms with Gasteiger partial charge in [-0.1, -0.05) is 19.9 Å². The summed E-state index contributed by atoms with van der Waals surface area (Å²) in [6.07, 6.45) is 6.15. The summed E-state index contributed by atoms with van der Waals surface area (Å²) in [7, 11) is -8.24. The molecule has 0 unspecified atom stereocenters. The summed E-state index contributed by atoms with van der Waals surface area (Å²) in [6.45, 7) is 8.72. The van der Waals surface area contributed by atoms with Crippen molar-refractivity contribution < 1.29 is 40.7 Å². The lowest BCUT2D eigenvalue weighted by atomic mass is 9.81. The summed E-state index contributed by atoms with van der Waals surface area (Å²) in [5.41, 5.74) is 4.12. The standard InChI is InChI=1S/C29H36N2O8S2/c1-28(2)22-18-20(32)10-12-24(22)30(14-6-16-40(34,35)36)26(28)8-5-9-27-29(3,4)23-19-21(33)11-13-25(23)31(27)15-7-17-41(37,38)39/h5,8-13,18-19H,6-7,14-17H2,1-4H3,(H3-,32,33,34,35,36,37,38,39)/p+1. The highest BCUT2D eigenvalue weighted by molar-refractivity contribution is 7.86. The Morgan fingerprint density at radius 3 is 2.05 bits per heavy atom. The van der Waals surface area contributed by atoms with Gasteiger partial charge in [0, 0.05) is 47.5 Å². The minimum atomic E-state index is -4.12. The lowest BCUT2D eigenvalue weighted by molar-refractivity contribution is -0.437. The Labute approximate surface area is 241 Å². The van der Waals surface area contributed by atoms with Crippen LogP contribution in [0.5, 0.6) is 11.5 Å². The Bertz CT molecular complexity index is 1670. The molecule has 2 aliphatic heterocycles. The first-order valence-corrected chi connectivity index (χ1v) is 16.5. The maximum Gasteiger partial charge on any atom is 0.265 e. The summed E-state index contributed by atoms with van der Waals surface area (Å²) in [5.74, 6) is -0.514. The molecule has 0 saturated heterocycles. The maximum atomic E-state index is 11.4. The van der Waals surface area contributed by atoms with Crippen LogP contribution in [0.15, 0.2) is 60.3 Å². The zero-order valence-corrected chi connectivity index (χ0v) is 25.2. The molecule has 41 heavy (non-hydrogen) atoms. The van der Waals surface area contributed by atoms with Gasteiger partial charge in [-0.05, 0) is 62.2 Å². The summed E-state index contributed by atoms with van der Waals surface area (Å²) >= 11 is 0. The first-order chi connectivity index (χ1) is 18.9. The van der Waals surface area contributed by atoms with Crippen molar-refractivity contribution in [3.05, 3.63) is 71.5 Å². The molecule has 2 aliphatic rings. The fourth-order valence-electron chi connectivity index (χ4n) is 5.85. The van der Waals surface area contributed by atoms with Crippen LogP contribution >= 0.6 is 0 Å². The summed E-state index contributed by atoms with van der Waals surface area (Å²) in [5, 5.41) is 20.3. The normalized spacial score (nSPS) is 18.9. The largest absolute Gasteiger partial charge is 0.508 e. The molecule has 0 amide bonds. The van der Waals surface area contributed by atoms with Gasteiger partial charge in [0.05, 0.1) is 16.9 Å². The number of hydrogen-bond donors (Lipinski definition) is 4. The molecule has 0 aromatic heterocycles. The van der Waals surface area contributed by atoms with E-state index in [9.17, 15) is 36.2 Å². The minimum Gasteiger partial charge on any atom is -0.508 e. The SMILES string of the molecule is CC1(C)C(C=C/C=C2/N(CCCS(=O)(=O)O)c3ccc(O)cc3C2(C)C)=[N+](CCCS(=O)(=O)O)c2ccc(O)cc21. The lowest BCUT2D eigenvalue weighted by Gasteiger charge is -2.27. The minimum absolute atomic E-state index is 0.122. The second kappa shape index (κ2) is 10.9. The molecule has 0 saturated carbocycles. The number of anilines is 1. The van der Waals surface area contributed by atoms with Gasteiger partial charge in [-0.25, -0.2) is 0 Å². The molecule has 2 aromatic rings. The van der Waals surface area contributed by atoms with Crippen molar-refractivity contribution in [2.75, 3.05) is 29.5 Å². The van der Waals surface area contributed by atoms with Gasteiger partial charge in [0.1, 0.15) is 18.0 Å². The highest BCUT2D eigenvalue weighted by atomic mass is 32.2. The Balaban J connectivity index is 1.74. The van der Waals surface area contributed by atoms with E-state index in [0.29, 0.717) is 13.1 Å². The third-order valence-electron chi connectivity index (χ3n) is 7.83. The van der Waals surface area contributed by atoms with Gasteiger partial charge in [0.15, 0.2) is 5.71 Å². The smallest absolute Gasteiger partial charge is 0.265 e. The van der Waals surface area contributed by atoms with E-state index in [1.165, 1.54) is 0 Å².